The van der Waals surface area contributed by atoms with Gasteiger partial charge < -0.3 is 5.11 Å². The second-order valence-corrected chi connectivity index (χ2v) is 6.73. The van der Waals surface area contributed by atoms with Crippen molar-refractivity contribution >= 4 is 11.8 Å². The smallest absolute Gasteiger partial charge is 0.328 e. The van der Waals surface area contributed by atoms with Crippen LogP contribution in [0, 0.1) is 23.2 Å². The molecule has 4 bridgehead atoms. The van der Waals surface area contributed by atoms with Gasteiger partial charge in [0.25, 0.3) is 0 Å². The summed E-state index contributed by atoms with van der Waals surface area (Å²) < 4.78 is 0. The average Bonchev–Trinajstić information content (AvgIpc) is 2.23. The third-order valence-corrected chi connectivity index (χ3v) is 5.13. The van der Waals surface area contributed by atoms with E-state index in [2.05, 4.69) is 0 Å². The van der Waals surface area contributed by atoms with Gasteiger partial charge in [-0.05, 0) is 67.8 Å². The van der Waals surface area contributed by atoms with Crippen molar-refractivity contribution in [3.05, 3.63) is 12.2 Å². The summed E-state index contributed by atoms with van der Waals surface area (Å²) in [5.41, 5.74) is 0.217. The molecule has 0 aromatic heterocycles. The molecule has 0 saturated heterocycles. The van der Waals surface area contributed by atoms with E-state index in [9.17, 15) is 9.59 Å². The Morgan fingerprint density at radius 3 is 1.94 bits per heavy atom. The van der Waals surface area contributed by atoms with E-state index in [1.807, 2.05) is 0 Å². The van der Waals surface area contributed by atoms with E-state index in [0.717, 1.165) is 23.8 Å². The van der Waals surface area contributed by atoms with Crippen molar-refractivity contribution in [2.45, 2.75) is 44.9 Å². The van der Waals surface area contributed by atoms with Crippen LogP contribution in [-0.4, -0.2) is 16.9 Å². The van der Waals surface area contributed by atoms with Gasteiger partial charge >= 0.3 is 5.97 Å². The van der Waals surface area contributed by atoms with Crippen LogP contribution in [-0.2, 0) is 9.59 Å². The van der Waals surface area contributed by atoms with Gasteiger partial charge in [0.1, 0.15) is 0 Å². The molecule has 1 N–H and O–H groups in total. The number of ketones is 1. The molecule has 4 fully saturated rings. The van der Waals surface area contributed by atoms with Gasteiger partial charge in [-0.15, -0.1) is 0 Å². The van der Waals surface area contributed by atoms with E-state index in [0.29, 0.717) is 6.42 Å². The van der Waals surface area contributed by atoms with Gasteiger partial charge in [-0.25, -0.2) is 4.79 Å². The molecule has 0 aliphatic heterocycles. The van der Waals surface area contributed by atoms with Crippen LogP contribution in [0.5, 0.6) is 0 Å². The van der Waals surface area contributed by atoms with Gasteiger partial charge in [0.05, 0.1) is 0 Å². The van der Waals surface area contributed by atoms with E-state index in [1.165, 1.54) is 44.6 Å². The molecule has 0 amide bonds. The van der Waals surface area contributed by atoms with E-state index in [1.54, 1.807) is 0 Å². The van der Waals surface area contributed by atoms with E-state index >= 15 is 0 Å². The summed E-state index contributed by atoms with van der Waals surface area (Å²) in [4.78, 5) is 22.3. The molecule has 3 heteroatoms. The van der Waals surface area contributed by atoms with Crippen molar-refractivity contribution in [2.24, 2.45) is 23.2 Å². The highest BCUT2D eigenvalue weighted by molar-refractivity contribution is 5.95. The molecule has 4 rings (SSSR count). The minimum absolute atomic E-state index is 0.000602. The molecule has 4 saturated carbocycles. The Kier molecular flexibility index (Phi) is 2.80. The predicted molar refractivity (Wildman–Crippen MR) is 67.0 cm³/mol. The molecule has 4 aliphatic rings. The molecular formula is C15H20O3. The Morgan fingerprint density at radius 2 is 1.50 bits per heavy atom. The molecule has 0 spiro atoms. The summed E-state index contributed by atoms with van der Waals surface area (Å²) >= 11 is 0. The number of rotatable bonds is 4. The third-order valence-electron chi connectivity index (χ3n) is 5.13. The second-order valence-electron chi connectivity index (χ2n) is 6.73. The standard InChI is InChI=1S/C15H20O3/c16-13(1-2-14(17)18)9-15-6-10-3-11(7-15)5-12(4-10)8-15/h1-2,10-12H,3-9H2,(H,17,18)/b2-1+. The normalized spacial score (nSPS) is 41.4. The van der Waals surface area contributed by atoms with Gasteiger partial charge in [0, 0.05) is 12.5 Å². The predicted octanol–water partition coefficient (Wildman–Crippen LogP) is 2.80. The molecular weight excluding hydrogens is 228 g/mol. The lowest BCUT2D eigenvalue weighted by Gasteiger charge is -2.56. The van der Waals surface area contributed by atoms with Crippen LogP contribution in [0.2, 0.25) is 0 Å². The molecule has 4 aliphatic carbocycles. The van der Waals surface area contributed by atoms with E-state index < -0.39 is 5.97 Å². The second kappa shape index (κ2) is 4.22. The van der Waals surface area contributed by atoms with Gasteiger partial charge in [-0.3, -0.25) is 4.79 Å². The van der Waals surface area contributed by atoms with Crippen molar-refractivity contribution in [3.8, 4) is 0 Å². The lowest BCUT2D eigenvalue weighted by atomic mass is 9.48. The van der Waals surface area contributed by atoms with Crippen LogP contribution in [0.3, 0.4) is 0 Å². The van der Waals surface area contributed by atoms with Crippen molar-refractivity contribution in [1.29, 1.82) is 0 Å². The highest BCUT2D eigenvalue weighted by Gasteiger charge is 2.51. The largest absolute Gasteiger partial charge is 0.478 e. The fraction of sp³-hybridized carbons (Fsp3) is 0.733. The van der Waals surface area contributed by atoms with Gasteiger partial charge in [0.15, 0.2) is 5.78 Å². The van der Waals surface area contributed by atoms with Crippen LogP contribution in [0.1, 0.15) is 44.9 Å². The summed E-state index contributed by atoms with van der Waals surface area (Å²) in [5.74, 6) is 1.49. The number of carbonyl (C=O) groups excluding carboxylic acids is 1. The minimum atomic E-state index is -1.03. The minimum Gasteiger partial charge on any atom is -0.478 e. The monoisotopic (exact) mass is 248 g/mol. The Morgan fingerprint density at radius 1 is 1.00 bits per heavy atom. The van der Waals surface area contributed by atoms with Gasteiger partial charge in [0.2, 0.25) is 0 Å². The fourth-order valence-corrected chi connectivity index (χ4v) is 5.10. The number of hydrogen-bond donors (Lipinski definition) is 1. The van der Waals surface area contributed by atoms with Crippen LogP contribution < -0.4 is 0 Å². The molecule has 0 aromatic carbocycles. The number of carboxylic acid groups (broad SMARTS) is 1. The lowest BCUT2D eigenvalue weighted by molar-refractivity contribution is -0.132. The van der Waals surface area contributed by atoms with Crippen LogP contribution >= 0.6 is 0 Å². The molecule has 0 atom stereocenters. The SMILES string of the molecule is O=C(O)/C=C/C(=O)CC12CC3CC(CC(C3)C1)C2. The first-order valence-corrected chi connectivity index (χ1v) is 6.98. The molecule has 0 radical (unpaired) electrons. The zero-order valence-corrected chi connectivity index (χ0v) is 10.6. The topological polar surface area (TPSA) is 54.4 Å². The zero-order valence-electron chi connectivity index (χ0n) is 10.6. The summed E-state index contributed by atoms with van der Waals surface area (Å²) in [6.07, 6.45) is 10.5. The van der Waals surface area contributed by atoms with Crippen LogP contribution in [0.15, 0.2) is 12.2 Å². The van der Waals surface area contributed by atoms with Crippen LogP contribution in [0.4, 0.5) is 0 Å². The Hall–Kier alpha value is -1.12. The maximum atomic E-state index is 11.9. The first kappa shape index (κ1) is 11.9. The number of aliphatic carboxylic acids is 1. The van der Waals surface area contributed by atoms with Crippen molar-refractivity contribution < 1.29 is 14.7 Å². The summed E-state index contributed by atoms with van der Waals surface area (Å²) in [6.45, 7) is 0. The zero-order chi connectivity index (χ0) is 12.8. The molecule has 0 unspecified atom stereocenters. The third kappa shape index (κ3) is 2.23. The maximum Gasteiger partial charge on any atom is 0.328 e. The van der Waals surface area contributed by atoms with E-state index in [4.69, 9.17) is 5.11 Å². The van der Waals surface area contributed by atoms with Crippen LogP contribution in [0.25, 0.3) is 0 Å². The highest BCUT2D eigenvalue weighted by atomic mass is 16.4. The Bertz CT molecular complexity index is 373. The van der Waals surface area contributed by atoms with Crippen molar-refractivity contribution in [3.63, 3.8) is 0 Å². The Balaban J connectivity index is 1.68. The summed E-state index contributed by atoms with van der Waals surface area (Å²) in [6, 6.07) is 0. The number of carboxylic acids is 1. The summed E-state index contributed by atoms with van der Waals surface area (Å²) in [7, 11) is 0. The highest BCUT2D eigenvalue weighted by Crippen LogP contribution is 2.61. The van der Waals surface area contributed by atoms with Crippen molar-refractivity contribution in [1.82, 2.24) is 0 Å². The first-order chi connectivity index (χ1) is 8.55. The Labute approximate surface area is 107 Å². The number of carbonyl (C=O) groups is 2. The maximum absolute atomic E-state index is 11.9. The first-order valence-electron chi connectivity index (χ1n) is 6.98. The van der Waals surface area contributed by atoms with Crippen molar-refractivity contribution in [2.75, 3.05) is 0 Å². The lowest BCUT2D eigenvalue weighted by Crippen LogP contribution is -2.46. The number of hydrogen-bond acceptors (Lipinski definition) is 2. The molecule has 0 aromatic rings. The van der Waals surface area contributed by atoms with E-state index in [-0.39, 0.29) is 11.2 Å². The molecule has 3 nitrogen and oxygen atoms in total. The summed E-state index contributed by atoms with van der Waals surface area (Å²) in [5, 5.41) is 8.55. The molecule has 98 valence electrons. The fourth-order valence-electron chi connectivity index (χ4n) is 5.10. The van der Waals surface area contributed by atoms with Gasteiger partial charge in [-0.1, -0.05) is 0 Å². The average molecular weight is 248 g/mol. The molecule has 0 heterocycles. The number of allylic oxidation sites excluding steroid dienone is 1. The quantitative estimate of drug-likeness (QED) is 0.778. The van der Waals surface area contributed by atoms with Gasteiger partial charge in [-0.2, -0.15) is 0 Å². The molecule has 18 heavy (non-hydrogen) atoms.